The maximum atomic E-state index is 10.6. The van der Waals surface area contributed by atoms with Crippen molar-refractivity contribution in [1.82, 2.24) is 19.9 Å². The number of nitrogens with zero attached hydrogens (tertiary/aromatic N) is 3. The van der Waals surface area contributed by atoms with Gasteiger partial charge in [-0.05, 0) is 0 Å². The van der Waals surface area contributed by atoms with E-state index in [1.54, 1.807) is 0 Å². The average Bonchev–Trinajstić information content (AvgIpc) is 2.62. The summed E-state index contributed by atoms with van der Waals surface area (Å²) in [6, 6.07) is 0. The lowest BCUT2D eigenvalue weighted by Crippen LogP contribution is -2.13. The third-order valence-electron chi connectivity index (χ3n) is 1.54. The molecule has 0 aromatic carbocycles. The molecule has 72 valence electrons. The highest BCUT2D eigenvalue weighted by molar-refractivity contribution is 8.00. The van der Waals surface area contributed by atoms with Crippen LogP contribution in [0, 0.1) is 0 Å². The molecule has 2 rings (SSSR count). The lowest BCUT2D eigenvalue weighted by atomic mass is 10.6. The highest BCUT2D eigenvalue weighted by Gasteiger charge is 2.06. The predicted octanol–water partition coefficient (Wildman–Crippen LogP) is -0.0697. The fraction of sp³-hybridized carbons (Fsp3) is 0.143. The molecule has 6 nitrogen and oxygen atoms in total. The van der Waals surface area contributed by atoms with E-state index >= 15 is 0 Å². The summed E-state index contributed by atoms with van der Waals surface area (Å²) >= 11 is 1.27. The number of hydrogen-bond acceptors (Lipinski definition) is 5. The second-order valence-corrected chi connectivity index (χ2v) is 3.50. The van der Waals surface area contributed by atoms with Gasteiger partial charge in [0.25, 0.3) is 0 Å². The second kappa shape index (κ2) is 3.62. The maximum Gasteiger partial charge on any atom is 0.227 e. The Morgan fingerprint density at radius 1 is 1.50 bits per heavy atom. The van der Waals surface area contributed by atoms with E-state index < -0.39 is 0 Å². The number of aromatic amines is 1. The number of nitrogens with two attached hydrogens (primary N) is 1. The summed E-state index contributed by atoms with van der Waals surface area (Å²) < 4.78 is 0. The summed E-state index contributed by atoms with van der Waals surface area (Å²) in [4.78, 5) is 25.4. The van der Waals surface area contributed by atoms with Crippen LogP contribution >= 0.6 is 11.8 Å². The molecule has 0 aliphatic heterocycles. The summed E-state index contributed by atoms with van der Waals surface area (Å²) in [5.74, 6) is -0.174. The number of imidazole rings is 1. The minimum absolute atomic E-state index is 0.200. The molecule has 0 spiro atoms. The van der Waals surface area contributed by atoms with Crippen molar-refractivity contribution >= 4 is 28.8 Å². The van der Waals surface area contributed by atoms with E-state index in [2.05, 4.69) is 19.9 Å². The van der Waals surface area contributed by atoms with E-state index in [9.17, 15) is 4.79 Å². The van der Waals surface area contributed by atoms with Crippen LogP contribution in [0.2, 0.25) is 0 Å². The van der Waals surface area contributed by atoms with Gasteiger partial charge in [-0.15, -0.1) is 0 Å². The Morgan fingerprint density at radius 2 is 2.36 bits per heavy atom. The van der Waals surface area contributed by atoms with Crippen LogP contribution in [0.1, 0.15) is 0 Å². The van der Waals surface area contributed by atoms with Crippen molar-refractivity contribution in [3.05, 3.63) is 12.7 Å². The smallest absolute Gasteiger partial charge is 0.227 e. The number of carbonyl (C=O) groups is 1. The van der Waals surface area contributed by atoms with Crippen LogP contribution in [0.25, 0.3) is 11.2 Å². The summed E-state index contributed by atoms with van der Waals surface area (Å²) in [6.45, 7) is 0. The number of thioether (sulfide) groups is 1. The van der Waals surface area contributed by atoms with Crippen LogP contribution in [0.4, 0.5) is 0 Å². The SMILES string of the molecule is NC(=O)CSc1ncnc2nc[nH]c12. The van der Waals surface area contributed by atoms with Gasteiger partial charge in [-0.1, -0.05) is 11.8 Å². The maximum absolute atomic E-state index is 10.6. The number of fused-ring (bicyclic) bond motifs is 1. The van der Waals surface area contributed by atoms with Crippen molar-refractivity contribution in [2.24, 2.45) is 5.73 Å². The molecule has 0 aliphatic carbocycles. The second-order valence-electron chi connectivity index (χ2n) is 2.53. The minimum Gasteiger partial charge on any atom is -0.369 e. The van der Waals surface area contributed by atoms with Crippen LogP contribution in [0.3, 0.4) is 0 Å². The number of rotatable bonds is 3. The van der Waals surface area contributed by atoms with E-state index in [1.165, 1.54) is 24.4 Å². The molecule has 2 heterocycles. The molecule has 2 aromatic heterocycles. The number of hydrogen-bond donors (Lipinski definition) is 2. The molecule has 0 saturated heterocycles. The normalized spacial score (nSPS) is 10.6. The van der Waals surface area contributed by atoms with Crippen LogP contribution in [-0.2, 0) is 4.79 Å². The number of nitrogens with one attached hydrogen (secondary N) is 1. The molecule has 2 aromatic rings. The Morgan fingerprint density at radius 3 is 3.14 bits per heavy atom. The first-order valence-electron chi connectivity index (χ1n) is 3.82. The van der Waals surface area contributed by atoms with Gasteiger partial charge in [0.1, 0.15) is 16.9 Å². The summed E-state index contributed by atoms with van der Waals surface area (Å²) in [5.41, 5.74) is 6.36. The lowest BCUT2D eigenvalue weighted by molar-refractivity contribution is -0.115. The third kappa shape index (κ3) is 1.67. The van der Waals surface area contributed by atoms with E-state index in [0.717, 1.165) is 5.52 Å². The van der Waals surface area contributed by atoms with Crippen molar-refractivity contribution in [3.63, 3.8) is 0 Å². The van der Waals surface area contributed by atoms with Crippen LogP contribution < -0.4 is 5.73 Å². The molecule has 0 saturated carbocycles. The molecule has 3 N–H and O–H groups in total. The highest BCUT2D eigenvalue weighted by atomic mass is 32.2. The number of H-pyrrole nitrogens is 1. The molecule has 0 bridgehead atoms. The first kappa shape index (κ1) is 8.95. The molecule has 0 fully saturated rings. The lowest BCUT2D eigenvalue weighted by Gasteiger charge is -1.97. The number of primary amides is 1. The number of aromatic nitrogens is 4. The van der Waals surface area contributed by atoms with E-state index in [4.69, 9.17) is 5.73 Å². The van der Waals surface area contributed by atoms with Crippen molar-refractivity contribution in [1.29, 1.82) is 0 Å². The van der Waals surface area contributed by atoms with Crippen LogP contribution in [0.15, 0.2) is 17.7 Å². The average molecular weight is 209 g/mol. The van der Waals surface area contributed by atoms with Gasteiger partial charge in [0.15, 0.2) is 5.65 Å². The summed E-state index contributed by atoms with van der Waals surface area (Å²) in [7, 11) is 0. The molecule has 0 unspecified atom stereocenters. The van der Waals surface area contributed by atoms with Crippen molar-refractivity contribution in [2.75, 3.05) is 5.75 Å². The van der Waals surface area contributed by atoms with Gasteiger partial charge in [-0.25, -0.2) is 15.0 Å². The largest absolute Gasteiger partial charge is 0.369 e. The van der Waals surface area contributed by atoms with Gasteiger partial charge in [0.05, 0.1) is 12.1 Å². The molecule has 1 amide bonds. The molecule has 7 heteroatoms. The Hall–Kier alpha value is -1.63. The zero-order chi connectivity index (χ0) is 9.97. The molecular formula is C7H7N5OS. The zero-order valence-electron chi connectivity index (χ0n) is 7.10. The molecular weight excluding hydrogens is 202 g/mol. The predicted molar refractivity (Wildman–Crippen MR) is 51.6 cm³/mol. The molecule has 0 radical (unpaired) electrons. The zero-order valence-corrected chi connectivity index (χ0v) is 7.91. The summed E-state index contributed by atoms with van der Waals surface area (Å²) in [5, 5.41) is 0.686. The van der Waals surface area contributed by atoms with Crippen LogP contribution in [0.5, 0.6) is 0 Å². The Kier molecular flexibility index (Phi) is 2.32. The van der Waals surface area contributed by atoms with E-state index in [1.807, 2.05) is 0 Å². The van der Waals surface area contributed by atoms with Crippen LogP contribution in [-0.4, -0.2) is 31.6 Å². The van der Waals surface area contributed by atoms with Gasteiger partial charge < -0.3 is 10.7 Å². The van der Waals surface area contributed by atoms with Gasteiger partial charge in [-0.2, -0.15) is 0 Å². The third-order valence-corrected chi connectivity index (χ3v) is 2.55. The Labute approximate surface area is 83.3 Å². The van der Waals surface area contributed by atoms with Crippen molar-refractivity contribution in [3.8, 4) is 0 Å². The quantitative estimate of drug-likeness (QED) is 0.544. The topological polar surface area (TPSA) is 97.6 Å². The van der Waals surface area contributed by atoms with Crippen molar-refractivity contribution < 1.29 is 4.79 Å². The Bertz CT molecular complexity index is 468. The minimum atomic E-state index is -0.374. The first-order valence-corrected chi connectivity index (χ1v) is 4.81. The number of amides is 1. The van der Waals surface area contributed by atoms with E-state index in [0.29, 0.717) is 10.7 Å². The monoisotopic (exact) mass is 209 g/mol. The fourth-order valence-electron chi connectivity index (χ4n) is 0.992. The van der Waals surface area contributed by atoms with E-state index in [-0.39, 0.29) is 11.7 Å². The van der Waals surface area contributed by atoms with Gasteiger partial charge >= 0.3 is 0 Å². The molecule has 0 atom stereocenters. The Balaban J connectivity index is 2.32. The first-order chi connectivity index (χ1) is 6.77. The number of carbonyl (C=O) groups excluding carboxylic acids is 1. The highest BCUT2D eigenvalue weighted by Crippen LogP contribution is 2.20. The van der Waals surface area contributed by atoms with Crippen molar-refractivity contribution in [2.45, 2.75) is 5.03 Å². The standard InChI is InChI=1S/C7H7N5OS/c8-4(13)1-14-7-5-6(10-2-9-5)11-3-12-7/h2-3H,1H2,(H2,8,13)(H,9,10,11,12). The van der Waals surface area contributed by atoms with Gasteiger partial charge in [0.2, 0.25) is 5.91 Å². The summed E-state index contributed by atoms with van der Waals surface area (Å²) in [6.07, 6.45) is 2.94. The fourth-order valence-corrected chi connectivity index (χ4v) is 1.69. The van der Waals surface area contributed by atoms with Gasteiger partial charge in [-0.3, -0.25) is 4.79 Å². The van der Waals surface area contributed by atoms with Gasteiger partial charge in [0, 0.05) is 0 Å². The molecule has 14 heavy (non-hydrogen) atoms. The molecule has 0 aliphatic rings.